The monoisotopic (exact) mass is 384 g/mol. The van der Waals surface area contributed by atoms with Crippen molar-refractivity contribution < 1.29 is 26.4 Å². The second kappa shape index (κ2) is 7.55. The molecule has 1 aromatic carbocycles. The van der Waals surface area contributed by atoms with Crippen LogP contribution in [0.3, 0.4) is 0 Å². The highest BCUT2D eigenvalue weighted by Crippen LogP contribution is 2.21. The molecule has 1 saturated heterocycles. The molecule has 0 aliphatic carbocycles. The molecular weight excluding hydrogens is 366 g/mol. The molecule has 140 valence electrons. The van der Waals surface area contributed by atoms with Gasteiger partial charge in [0.1, 0.15) is 23.1 Å². The van der Waals surface area contributed by atoms with Crippen LogP contribution in [-0.2, 0) is 21.2 Å². The van der Waals surface area contributed by atoms with Crippen LogP contribution in [0.1, 0.15) is 12.2 Å². The van der Waals surface area contributed by atoms with Gasteiger partial charge in [-0.15, -0.1) is 0 Å². The van der Waals surface area contributed by atoms with Crippen LogP contribution >= 0.6 is 0 Å². The van der Waals surface area contributed by atoms with Crippen molar-refractivity contribution in [2.75, 3.05) is 23.4 Å². The zero-order valence-electron chi connectivity index (χ0n) is 13.8. The number of hydrogen-bond acceptors (Lipinski definition) is 5. The second-order valence-electron chi connectivity index (χ2n) is 6.19. The lowest BCUT2D eigenvalue weighted by molar-refractivity contribution is -0.118. The normalized spacial score (nSPS) is 19.0. The summed E-state index contributed by atoms with van der Waals surface area (Å²) in [6.45, 7) is 0.00895. The molecule has 1 aromatic heterocycles. The standard InChI is InChI=1S/C17H18F2N2O4S/c18-14-4-1-5-15(19)17(14)20-16(22)10-21(9-13-3-2-7-25-13)12-6-8-26(23,24)11-12/h1-5,7,12H,6,8-11H2,(H,20,22). The molecule has 6 nitrogen and oxygen atoms in total. The molecule has 1 aliphatic heterocycles. The summed E-state index contributed by atoms with van der Waals surface area (Å²) < 4.78 is 56.2. The highest BCUT2D eigenvalue weighted by atomic mass is 32.2. The molecule has 1 aliphatic rings. The molecule has 1 atom stereocenters. The largest absolute Gasteiger partial charge is 0.468 e. The van der Waals surface area contributed by atoms with E-state index in [1.807, 2.05) is 0 Å². The molecule has 2 aromatic rings. The van der Waals surface area contributed by atoms with E-state index >= 15 is 0 Å². The van der Waals surface area contributed by atoms with Crippen molar-refractivity contribution in [3.8, 4) is 0 Å². The third-order valence-corrected chi connectivity index (χ3v) is 5.99. The molecule has 26 heavy (non-hydrogen) atoms. The first-order chi connectivity index (χ1) is 12.3. The van der Waals surface area contributed by atoms with Gasteiger partial charge in [0.25, 0.3) is 0 Å². The molecule has 1 unspecified atom stereocenters. The minimum Gasteiger partial charge on any atom is -0.468 e. The number of furan rings is 1. The number of sulfone groups is 1. The van der Waals surface area contributed by atoms with E-state index < -0.39 is 33.1 Å². The van der Waals surface area contributed by atoms with Crippen molar-refractivity contribution in [2.45, 2.75) is 19.0 Å². The molecule has 0 bridgehead atoms. The Balaban J connectivity index is 1.73. The van der Waals surface area contributed by atoms with Crippen molar-refractivity contribution >= 4 is 21.4 Å². The fourth-order valence-electron chi connectivity index (χ4n) is 2.96. The number of carbonyl (C=O) groups excluding carboxylic acids is 1. The van der Waals surface area contributed by atoms with Crippen molar-refractivity contribution in [3.05, 3.63) is 54.0 Å². The van der Waals surface area contributed by atoms with E-state index in [-0.39, 0.29) is 30.6 Å². The van der Waals surface area contributed by atoms with Crippen LogP contribution in [0.4, 0.5) is 14.5 Å². The Hall–Kier alpha value is -2.26. The van der Waals surface area contributed by atoms with Crippen molar-refractivity contribution in [3.63, 3.8) is 0 Å². The Bertz CT molecular complexity index is 864. The summed E-state index contributed by atoms with van der Waals surface area (Å²) in [5.74, 6) is -1.83. The number of amides is 1. The van der Waals surface area contributed by atoms with Crippen LogP contribution in [-0.4, -0.2) is 43.3 Å². The predicted molar refractivity (Wildman–Crippen MR) is 91.2 cm³/mol. The van der Waals surface area contributed by atoms with Gasteiger partial charge in [-0.3, -0.25) is 9.69 Å². The lowest BCUT2D eigenvalue weighted by atomic mass is 10.2. The number of benzene rings is 1. The summed E-state index contributed by atoms with van der Waals surface area (Å²) in [5.41, 5.74) is -0.519. The SMILES string of the molecule is O=C(CN(Cc1ccco1)C1CCS(=O)(=O)C1)Nc1c(F)cccc1F. The van der Waals surface area contributed by atoms with E-state index in [0.717, 1.165) is 12.1 Å². The minimum absolute atomic E-state index is 0.0515. The first-order valence-corrected chi connectivity index (χ1v) is 9.87. The van der Waals surface area contributed by atoms with Crippen molar-refractivity contribution in [2.24, 2.45) is 0 Å². The number of para-hydroxylation sites is 1. The Kier molecular flexibility index (Phi) is 5.38. The highest BCUT2D eigenvalue weighted by Gasteiger charge is 2.33. The van der Waals surface area contributed by atoms with Gasteiger partial charge >= 0.3 is 0 Å². The summed E-state index contributed by atoms with van der Waals surface area (Å²) in [6, 6.07) is 6.33. The number of rotatable bonds is 6. The van der Waals surface area contributed by atoms with Crippen LogP contribution in [0.2, 0.25) is 0 Å². The molecule has 1 fully saturated rings. The number of nitrogens with one attached hydrogen (secondary N) is 1. The number of anilines is 1. The molecule has 1 amide bonds. The van der Waals surface area contributed by atoms with Gasteiger partial charge in [0.2, 0.25) is 5.91 Å². The van der Waals surface area contributed by atoms with Crippen LogP contribution in [0.5, 0.6) is 0 Å². The van der Waals surface area contributed by atoms with Gasteiger partial charge in [0, 0.05) is 6.04 Å². The van der Waals surface area contributed by atoms with Crippen molar-refractivity contribution in [1.29, 1.82) is 0 Å². The van der Waals surface area contributed by atoms with Gasteiger partial charge in [-0.25, -0.2) is 17.2 Å². The summed E-state index contributed by atoms with van der Waals surface area (Å²) in [4.78, 5) is 14.0. The molecule has 1 N–H and O–H groups in total. The van der Waals surface area contributed by atoms with E-state index in [2.05, 4.69) is 5.32 Å². The molecule has 0 spiro atoms. The van der Waals surface area contributed by atoms with Crippen LogP contribution in [0.15, 0.2) is 41.0 Å². The molecule has 0 saturated carbocycles. The van der Waals surface area contributed by atoms with Crippen LogP contribution in [0.25, 0.3) is 0 Å². The van der Waals surface area contributed by atoms with Gasteiger partial charge in [-0.2, -0.15) is 0 Å². The number of nitrogens with zero attached hydrogens (tertiary/aromatic N) is 1. The summed E-state index contributed by atoms with van der Waals surface area (Å²) in [6.07, 6.45) is 1.87. The third-order valence-electron chi connectivity index (χ3n) is 4.24. The van der Waals surface area contributed by atoms with E-state index in [1.165, 1.54) is 12.3 Å². The molecule has 0 radical (unpaired) electrons. The summed E-state index contributed by atoms with van der Waals surface area (Å²) in [7, 11) is -3.15. The average Bonchev–Trinajstić information content (AvgIpc) is 3.20. The second-order valence-corrected chi connectivity index (χ2v) is 8.41. The predicted octanol–water partition coefficient (Wildman–Crippen LogP) is 2.19. The fourth-order valence-corrected chi connectivity index (χ4v) is 4.72. The van der Waals surface area contributed by atoms with Gasteiger partial charge in [-0.1, -0.05) is 6.07 Å². The maximum absolute atomic E-state index is 13.7. The summed E-state index contributed by atoms with van der Waals surface area (Å²) >= 11 is 0. The zero-order valence-corrected chi connectivity index (χ0v) is 14.6. The number of halogens is 2. The van der Waals surface area contributed by atoms with Gasteiger partial charge in [-0.05, 0) is 30.7 Å². The van der Waals surface area contributed by atoms with Gasteiger partial charge in [0.15, 0.2) is 9.84 Å². The Labute approximate surface area is 149 Å². The Morgan fingerprint density at radius 1 is 1.23 bits per heavy atom. The lowest BCUT2D eigenvalue weighted by Gasteiger charge is -2.26. The Morgan fingerprint density at radius 2 is 1.96 bits per heavy atom. The topological polar surface area (TPSA) is 79.6 Å². The summed E-state index contributed by atoms with van der Waals surface area (Å²) in [5, 5.41) is 2.22. The van der Waals surface area contributed by atoms with E-state index in [9.17, 15) is 22.0 Å². The first-order valence-electron chi connectivity index (χ1n) is 8.05. The number of carbonyl (C=O) groups is 1. The third kappa shape index (κ3) is 4.47. The van der Waals surface area contributed by atoms with Gasteiger partial charge in [0.05, 0.1) is 30.9 Å². The molecule has 3 rings (SSSR count). The Morgan fingerprint density at radius 3 is 2.54 bits per heavy atom. The van der Waals surface area contributed by atoms with E-state index in [0.29, 0.717) is 12.2 Å². The van der Waals surface area contributed by atoms with E-state index in [4.69, 9.17) is 4.42 Å². The minimum atomic E-state index is -3.15. The molecule has 9 heteroatoms. The first kappa shape index (κ1) is 18.5. The quantitative estimate of drug-likeness (QED) is 0.826. The maximum Gasteiger partial charge on any atom is 0.238 e. The van der Waals surface area contributed by atoms with Crippen molar-refractivity contribution in [1.82, 2.24) is 4.90 Å². The lowest BCUT2D eigenvalue weighted by Crippen LogP contribution is -2.41. The van der Waals surface area contributed by atoms with Crippen LogP contribution in [0, 0.1) is 11.6 Å². The number of hydrogen-bond donors (Lipinski definition) is 1. The maximum atomic E-state index is 13.7. The van der Waals surface area contributed by atoms with E-state index in [1.54, 1.807) is 17.0 Å². The molecular formula is C17H18F2N2O4S. The van der Waals surface area contributed by atoms with Crippen LogP contribution < -0.4 is 5.32 Å². The average molecular weight is 384 g/mol. The fraction of sp³-hybridized carbons (Fsp3) is 0.353. The highest BCUT2D eigenvalue weighted by molar-refractivity contribution is 7.91. The molecule has 2 heterocycles. The van der Waals surface area contributed by atoms with Gasteiger partial charge < -0.3 is 9.73 Å². The zero-order chi connectivity index (χ0) is 18.7. The smallest absolute Gasteiger partial charge is 0.238 e.